The second kappa shape index (κ2) is 5.22. The molecular formula is C10H12FN3O2. The fourth-order valence-corrected chi connectivity index (χ4v) is 1.11. The summed E-state index contributed by atoms with van der Waals surface area (Å²) in [7, 11) is 0. The Balaban J connectivity index is 2.73. The molecule has 86 valence electrons. The zero-order chi connectivity index (χ0) is 12.1. The summed E-state index contributed by atoms with van der Waals surface area (Å²) < 4.78 is 13.2. The van der Waals surface area contributed by atoms with E-state index < -0.39 is 23.7 Å². The molecule has 1 rings (SSSR count). The smallest absolute Gasteiger partial charge is 0.256 e. The van der Waals surface area contributed by atoms with Crippen LogP contribution in [0.25, 0.3) is 0 Å². The lowest BCUT2D eigenvalue weighted by atomic mass is 10.2. The summed E-state index contributed by atoms with van der Waals surface area (Å²) in [5.74, 6) is 3.04. The molecule has 0 aliphatic carbocycles. The Kier molecular flexibility index (Phi) is 3.96. The molecule has 4 N–H and O–H groups in total. The molecule has 2 amide bonds. The van der Waals surface area contributed by atoms with E-state index in [2.05, 4.69) is 5.32 Å². The molecule has 0 aliphatic heterocycles. The van der Waals surface area contributed by atoms with E-state index in [-0.39, 0.29) is 5.56 Å². The van der Waals surface area contributed by atoms with Gasteiger partial charge >= 0.3 is 0 Å². The van der Waals surface area contributed by atoms with Crippen LogP contribution in [0.2, 0.25) is 0 Å². The maximum absolute atomic E-state index is 13.2. The highest BCUT2D eigenvalue weighted by molar-refractivity contribution is 5.97. The van der Waals surface area contributed by atoms with Crippen molar-refractivity contribution in [2.75, 3.05) is 0 Å². The van der Waals surface area contributed by atoms with Gasteiger partial charge in [-0.25, -0.2) is 10.2 Å². The number of hydrazine groups is 1. The first kappa shape index (κ1) is 12.1. The normalized spacial score (nSPS) is 11.7. The molecule has 1 atom stereocenters. The molecule has 0 radical (unpaired) electrons. The number of nitrogens with one attached hydrogen (secondary N) is 2. The number of nitrogens with two attached hydrogens (primary N) is 1. The van der Waals surface area contributed by atoms with Crippen LogP contribution in [-0.4, -0.2) is 17.9 Å². The molecule has 0 bridgehead atoms. The first-order valence-electron chi connectivity index (χ1n) is 4.62. The first-order valence-corrected chi connectivity index (χ1v) is 4.62. The number of carbonyl (C=O) groups is 2. The molecule has 0 fully saturated rings. The molecule has 0 unspecified atom stereocenters. The summed E-state index contributed by atoms with van der Waals surface area (Å²) >= 11 is 0. The first-order chi connectivity index (χ1) is 7.56. The lowest BCUT2D eigenvalue weighted by Gasteiger charge is -2.12. The topological polar surface area (TPSA) is 84.2 Å². The third kappa shape index (κ3) is 2.77. The molecule has 0 heterocycles. The minimum atomic E-state index is -0.822. The van der Waals surface area contributed by atoms with Crippen LogP contribution >= 0.6 is 0 Å². The summed E-state index contributed by atoms with van der Waals surface area (Å²) in [6, 6.07) is 4.69. The van der Waals surface area contributed by atoms with Gasteiger partial charge < -0.3 is 5.32 Å². The average molecular weight is 225 g/mol. The SMILES string of the molecule is C[C@H](NC(=O)c1ccccc1F)C(=O)NN. The van der Waals surface area contributed by atoms with Crippen molar-refractivity contribution in [3.8, 4) is 0 Å². The van der Waals surface area contributed by atoms with E-state index in [9.17, 15) is 14.0 Å². The van der Waals surface area contributed by atoms with Gasteiger partial charge in [-0.2, -0.15) is 0 Å². The Morgan fingerprint density at radius 2 is 2.00 bits per heavy atom. The van der Waals surface area contributed by atoms with E-state index in [4.69, 9.17) is 5.84 Å². The standard InChI is InChI=1S/C10H12FN3O2/c1-6(9(15)14-12)13-10(16)7-4-2-3-5-8(7)11/h2-6H,12H2,1H3,(H,13,16)(H,14,15)/t6-/m0/s1. The molecule has 0 spiro atoms. The molecule has 16 heavy (non-hydrogen) atoms. The summed E-state index contributed by atoms with van der Waals surface area (Å²) in [4.78, 5) is 22.5. The van der Waals surface area contributed by atoms with Crippen LogP contribution in [0.15, 0.2) is 24.3 Å². The molecule has 6 heteroatoms. The predicted molar refractivity (Wildman–Crippen MR) is 55.7 cm³/mol. The molecule has 5 nitrogen and oxygen atoms in total. The Hall–Kier alpha value is -1.95. The molecule has 1 aromatic carbocycles. The zero-order valence-corrected chi connectivity index (χ0v) is 8.66. The van der Waals surface area contributed by atoms with Gasteiger partial charge in [-0.3, -0.25) is 15.0 Å². The molecular weight excluding hydrogens is 213 g/mol. The van der Waals surface area contributed by atoms with Crippen LogP contribution in [0.1, 0.15) is 17.3 Å². The Labute approximate surface area is 91.8 Å². The second-order valence-corrected chi connectivity index (χ2v) is 3.18. The van der Waals surface area contributed by atoms with Crippen LogP contribution in [-0.2, 0) is 4.79 Å². The largest absolute Gasteiger partial charge is 0.340 e. The molecule has 0 saturated carbocycles. The van der Waals surface area contributed by atoms with Crippen molar-refractivity contribution < 1.29 is 14.0 Å². The van der Waals surface area contributed by atoms with E-state index in [1.807, 2.05) is 5.43 Å². The summed E-state index contributed by atoms with van der Waals surface area (Å²) in [6.45, 7) is 1.45. The number of amides is 2. The Morgan fingerprint density at radius 3 is 2.56 bits per heavy atom. The van der Waals surface area contributed by atoms with E-state index in [1.54, 1.807) is 0 Å². The number of hydrogen-bond donors (Lipinski definition) is 3. The number of carbonyl (C=O) groups excluding carboxylic acids is 2. The van der Waals surface area contributed by atoms with Crippen molar-refractivity contribution in [1.29, 1.82) is 0 Å². The van der Waals surface area contributed by atoms with Crippen molar-refractivity contribution >= 4 is 11.8 Å². The monoisotopic (exact) mass is 225 g/mol. The van der Waals surface area contributed by atoms with Gasteiger partial charge in [-0.05, 0) is 19.1 Å². The van der Waals surface area contributed by atoms with Gasteiger partial charge in [-0.15, -0.1) is 0 Å². The predicted octanol–water partition coefficient (Wildman–Crippen LogP) is -0.0661. The maximum Gasteiger partial charge on any atom is 0.256 e. The fourth-order valence-electron chi connectivity index (χ4n) is 1.11. The van der Waals surface area contributed by atoms with E-state index in [0.717, 1.165) is 0 Å². The molecule has 0 aliphatic rings. The highest BCUT2D eigenvalue weighted by Crippen LogP contribution is 2.06. The van der Waals surface area contributed by atoms with Crippen molar-refractivity contribution in [3.63, 3.8) is 0 Å². The van der Waals surface area contributed by atoms with E-state index >= 15 is 0 Å². The van der Waals surface area contributed by atoms with Gasteiger partial charge in [0.25, 0.3) is 11.8 Å². The number of benzene rings is 1. The third-order valence-electron chi connectivity index (χ3n) is 2.00. The van der Waals surface area contributed by atoms with Gasteiger partial charge in [-0.1, -0.05) is 12.1 Å². The zero-order valence-electron chi connectivity index (χ0n) is 8.66. The van der Waals surface area contributed by atoms with Crippen LogP contribution in [0, 0.1) is 5.82 Å². The average Bonchev–Trinajstić information content (AvgIpc) is 2.28. The minimum absolute atomic E-state index is 0.112. The fraction of sp³-hybridized carbons (Fsp3) is 0.200. The molecule has 0 saturated heterocycles. The number of rotatable bonds is 3. The minimum Gasteiger partial charge on any atom is -0.340 e. The Bertz CT molecular complexity index is 409. The van der Waals surface area contributed by atoms with Crippen LogP contribution in [0.5, 0.6) is 0 Å². The van der Waals surface area contributed by atoms with Crippen LogP contribution in [0.3, 0.4) is 0 Å². The third-order valence-corrected chi connectivity index (χ3v) is 2.00. The number of hydrogen-bond acceptors (Lipinski definition) is 3. The van der Waals surface area contributed by atoms with Gasteiger partial charge in [0.05, 0.1) is 5.56 Å². The second-order valence-electron chi connectivity index (χ2n) is 3.18. The van der Waals surface area contributed by atoms with Crippen molar-refractivity contribution in [3.05, 3.63) is 35.6 Å². The van der Waals surface area contributed by atoms with Crippen molar-refractivity contribution in [1.82, 2.24) is 10.7 Å². The van der Waals surface area contributed by atoms with Gasteiger partial charge in [0.15, 0.2) is 0 Å². The van der Waals surface area contributed by atoms with E-state index in [1.165, 1.54) is 31.2 Å². The highest BCUT2D eigenvalue weighted by Gasteiger charge is 2.17. The van der Waals surface area contributed by atoms with Gasteiger partial charge in [0.1, 0.15) is 11.9 Å². The summed E-state index contributed by atoms with van der Waals surface area (Å²) in [5, 5.41) is 2.32. The van der Waals surface area contributed by atoms with Gasteiger partial charge in [0, 0.05) is 0 Å². The number of halogens is 1. The maximum atomic E-state index is 13.2. The lowest BCUT2D eigenvalue weighted by molar-refractivity contribution is -0.122. The van der Waals surface area contributed by atoms with E-state index in [0.29, 0.717) is 0 Å². The lowest BCUT2D eigenvalue weighted by Crippen LogP contribution is -2.47. The van der Waals surface area contributed by atoms with Crippen LogP contribution in [0.4, 0.5) is 4.39 Å². The van der Waals surface area contributed by atoms with Gasteiger partial charge in [0.2, 0.25) is 0 Å². The molecule has 1 aromatic rings. The van der Waals surface area contributed by atoms with Crippen molar-refractivity contribution in [2.45, 2.75) is 13.0 Å². The summed E-state index contributed by atoms with van der Waals surface area (Å²) in [6.07, 6.45) is 0. The summed E-state index contributed by atoms with van der Waals surface area (Å²) in [5.41, 5.74) is 1.78. The molecule has 0 aromatic heterocycles. The Morgan fingerprint density at radius 1 is 1.38 bits per heavy atom. The highest BCUT2D eigenvalue weighted by atomic mass is 19.1. The van der Waals surface area contributed by atoms with Crippen molar-refractivity contribution in [2.24, 2.45) is 5.84 Å². The van der Waals surface area contributed by atoms with Crippen LogP contribution < -0.4 is 16.6 Å². The quantitative estimate of drug-likeness (QED) is 0.382.